The minimum Gasteiger partial charge on any atom is -0.373 e. The van der Waals surface area contributed by atoms with Crippen LogP contribution >= 0.6 is 11.3 Å². The molecule has 0 saturated carbocycles. The van der Waals surface area contributed by atoms with Crippen molar-refractivity contribution in [2.45, 2.75) is 18.9 Å². The van der Waals surface area contributed by atoms with Gasteiger partial charge in [-0.05, 0) is 25.0 Å². The van der Waals surface area contributed by atoms with Gasteiger partial charge in [0.25, 0.3) is 5.91 Å². The third-order valence-electron chi connectivity index (χ3n) is 3.30. The Morgan fingerprint density at radius 2 is 2.24 bits per heavy atom. The number of amides is 1. The lowest BCUT2D eigenvalue weighted by Gasteiger charge is -2.11. The van der Waals surface area contributed by atoms with E-state index in [1.807, 2.05) is 6.07 Å². The summed E-state index contributed by atoms with van der Waals surface area (Å²) in [6.45, 7) is 0.874. The minimum atomic E-state index is -3.28. The van der Waals surface area contributed by atoms with Gasteiger partial charge < -0.3 is 10.1 Å². The van der Waals surface area contributed by atoms with Gasteiger partial charge in [0.2, 0.25) is 10.0 Å². The second-order valence-electron chi connectivity index (χ2n) is 5.06. The summed E-state index contributed by atoms with van der Waals surface area (Å²) < 4.78 is 29.9. The van der Waals surface area contributed by atoms with Crippen LogP contribution in [0.15, 0.2) is 12.1 Å². The molecule has 2 rings (SSSR count). The maximum atomic E-state index is 12.0. The summed E-state index contributed by atoms with van der Waals surface area (Å²) in [4.78, 5) is 13.6. The average molecular weight is 332 g/mol. The molecule has 1 aromatic heterocycles. The fourth-order valence-corrected chi connectivity index (χ4v) is 3.75. The lowest BCUT2D eigenvalue weighted by Crippen LogP contribution is -2.33. The van der Waals surface area contributed by atoms with Crippen LogP contribution in [0.5, 0.6) is 0 Å². The molecule has 0 aromatic carbocycles. The summed E-state index contributed by atoms with van der Waals surface area (Å²) >= 11 is 1.41. The van der Waals surface area contributed by atoms with E-state index in [0.717, 1.165) is 28.6 Å². The van der Waals surface area contributed by atoms with Crippen molar-refractivity contribution in [2.75, 3.05) is 33.0 Å². The third kappa shape index (κ3) is 4.26. The number of rotatable bonds is 6. The van der Waals surface area contributed by atoms with Crippen LogP contribution in [0.25, 0.3) is 0 Å². The van der Waals surface area contributed by atoms with Gasteiger partial charge in [0.05, 0.1) is 16.7 Å². The van der Waals surface area contributed by atoms with Crippen molar-refractivity contribution in [1.29, 1.82) is 0 Å². The van der Waals surface area contributed by atoms with Crippen molar-refractivity contribution < 1.29 is 17.9 Å². The number of ether oxygens (including phenoxy) is 1. The Balaban J connectivity index is 1.86. The molecule has 2 heterocycles. The first-order chi connectivity index (χ1) is 9.90. The lowest BCUT2D eigenvalue weighted by molar-refractivity contribution is 0.0960. The first-order valence-corrected chi connectivity index (χ1v) is 9.22. The monoisotopic (exact) mass is 332 g/mol. The standard InChI is InChI=1S/C13H20N2O4S2/c1-15(2)21(17,18)9-7-14-13(16)12-6-5-11(20-12)10-4-3-8-19-10/h5-6,10H,3-4,7-9H2,1-2H3,(H,14,16)/t10-/m1/s1. The topological polar surface area (TPSA) is 75.7 Å². The molecule has 0 bridgehead atoms. The van der Waals surface area contributed by atoms with Gasteiger partial charge in [0.15, 0.2) is 0 Å². The first kappa shape index (κ1) is 16.4. The number of carbonyl (C=O) groups excluding carboxylic acids is 1. The van der Waals surface area contributed by atoms with Gasteiger partial charge in [-0.2, -0.15) is 0 Å². The van der Waals surface area contributed by atoms with Crippen LogP contribution in [-0.2, 0) is 14.8 Å². The summed E-state index contributed by atoms with van der Waals surface area (Å²) in [6.07, 6.45) is 2.14. The van der Waals surface area contributed by atoms with E-state index in [-0.39, 0.29) is 24.3 Å². The highest BCUT2D eigenvalue weighted by Gasteiger charge is 2.21. The Hall–Kier alpha value is -0.960. The van der Waals surface area contributed by atoms with Gasteiger partial charge in [-0.15, -0.1) is 11.3 Å². The number of hydrogen-bond acceptors (Lipinski definition) is 5. The molecule has 0 spiro atoms. The average Bonchev–Trinajstić information content (AvgIpc) is 3.09. The Kier molecular flexibility index (Phi) is 5.37. The van der Waals surface area contributed by atoms with Crippen molar-refractivity contribution in [3.8, 4) is 0 Å². The number of thiophene rings is 1. The predicted molar refractivity (Wildman–Crippen MR) is 82.1 cm³/mol. The van der Waals surface area contributed by atoms with E-state index in [2.05, 4.69) is 5.32 Å². The van der Waals surface area contributed by atoms with Gasteiger partial charge in [-0.3, -0.25) is 4.79 Å². The molecule has 1 aromatic rings. The van der Waals surface area contributed by atoms with Crippen LogP contribution in [-0.4, -0.2) is 51.6 Å². The van der Waals surface area contributed by atoms with Gasteiger partial charge in [0.1, 0.15) is 0 Å². The Morgan fingerprint density at radius 3 is 2.86 bits per heavy atom. The quantitative estimate of drug-likeness (QED) is 0.850. The second kappa shape index (κ2) is 6.87. The number of nitrogens with one attached hydrogen (secondary N) is 1. The van der Waals surface area contributed by atoms with Gasteiger partial charge in [0, 0.05) is 32.1 Å². The van der Waals surface area contributed by atoms with E-state index >= 15 is 0 Å². The SMILES string of the molecule is CN(C)S(=O)(=O)CCNC(=O)c1ccc([C@H]2CCCO2)s1. The number of nitrogens with zero attached hydrogens (tertiary/aromatic N) is 1. The zero-order valence-electron chi connectivity index (χ0n) is 12.2. The maximum Gasteiger partial charge on any atom is 0.261 e. The van der Waals surface area contributed by atoms with Crippen LogP contribution in [0.2, 0.25) is 0 Å². The van der Waals surface area contributed by atoms with Crippen molar-refractivity contribution in [1.82, 2.24) is 9.62 Å². The molecule has 0 unspecified atom stereocenters. The Morgan fingerprint density at radius 1 is 1.48 bits per heavy atom. The van der Waals surface area contributed by atoms with Crippen molar-refractivity contribution >= 4 is 27.3 Å². The molecular formula is C13H20N2O4S2. The van der Waals surface area contributed by atoms with Gasteiger partial charge >= 0.3 is 0 Å². The maximum absolute atomic E-state index is 12.0. The van der Waals surface area contributed by atoms with E-state index in [4.69, 9.17) is 4.74 Å². The van der Waals surface area contributed by atoms with Gasteiger partial charge in [-0.25, -0.2) is 12.7 Å². The van der Waals surface area contributed by atoms with E-state index in [0.29, 0.717) is 4.88 Å². The molecule has 8 heteroatoms. The van der Waals surface area contributed by atoms with Crippen LogP contribution in [0.4, 0.5) is 0 Å². The zero-order chi connectivity index (χ0) is 15.5. The molecule has 1 amide bonds. The van der Waals surface area contributed by atoms with E-state index in [9.17, 15) is 13.2 Å². The van der Waals surface area contributed by atoms with Crippen LogP contribution < -0.4 is 5.32 Å². The minimum absolute atomic E-state index is 0.101. The largest absolute Gasteiger partial charge is 0.373 e. The fraction of sp³-hybridized carbons (Fsp3) is 0.615. The number of sulfonamides is 1. The molecule has 0 radical (unpaired) electrons. The summed E-state index contributed by atoms with van der Waals surface area (Å²) in [5.41, 5.74) is 0. The highest BCUT2D eigenvalue weighted by atomic mass is 32.2. The molecule has 1 atom stereocenters. The molecule has 118 valence electrons. The van der Waals surface area contributed by atoms with E-state index in [1.165, 1.54) is 25.4 Å². The lowest BCUT2D eigenvalue weighted by atomic mass is 10.2. The molecule has 0 aliphatic carbocycles. The molecule has 6 nitrogen and oxygen atoms in total. The summed E-state index contributed by atoms with van der Waals surface area (Å²) in [5.74, 6) is -0.339. The van der Waals surface area contributed by atoms with E-state index < -0.39 is 10.0 Å². The summed E-state index contributed by atoms with van der Waals surface area (Å²) in [6, 6.07) is 3.67. The zero-order valence-corrected chi connectivity index (χ0v) is 13.8. The van der Waals surface area contributed by atoms with Crippen LogP contribution in [0.3, 0.4) is 0 Å². The highest BCUT2D eigenvalue weighted by molar-refractivity contribution is 7.89. The summed E-state index contributed by atoms with van der Waals surface area (Å²) in [5, 5.41) is 2.64. The van der Waals surface area contributed by atoms with E-state index in [1.54, 1.807) is 6.07 Å². The number of carbonyl (C=O) groups is 1. The molecule has 1 saturated heterocycles. The predicted octanol–water partition coefficient (Wildman–Crippen LogP) is 1.22. The molecule has 1 aliphatic heterocycles. The normalized spacial score (nSPS) is 19.1. The summed E-state index contributed by atoms with van der Waals surface area (Å²) in [7, 11) is -0.329. The van der Waals surface area contributed by atoms with Crippen molar-refractivity contribution in [3.05, 3.63) is 21.9 Å². The van der Waals surface area contributed by atoms with Crippen LogP contribution in [0, 0.1) is 0 Å². The number of hydrogen-bond donors (Lipinski definition) is 1. The molecule has 21 heavy (non-hydrogen) atoms. The Bertz CT molecular complexity index is 589. The van der Waals surface area contributed by atoms with Crippen molar-refractivity contribution in [3.63, 3.8) is 0 Å². The third-order valence-corrected chi connectivity index (χ3v) is 6.31. The molecular weight excluding hydrogens is 312 g/mol. The Labute approximate surface area is 129 Å². The highest BCUT2D eigenvalue weighted by Crippen LogP contribution is 2.33. The van der Waals surface area contributed by atoms with Crippen LogP contribution in [0.1, 0.15) is 33.5 Å². The second-order valence-corrected chi connectivity index (χ2v) is 8.48. The molecule has 1 aliphatic rings. The first-order valence-electron chi connectivity index (χ1n) is 6.80. The smallest absolute Gasteiger partial charge is 0.261 e. The molecule has 1 N–H and O–H groups in total. The van der Waals surface area contributed by atoms with Crippen molar-refractivity contribution in [2.24, 2.45) is 0 Å². The fourth-order valence-electron chi connectivity index (χ4n) is 2.01. The molecule has 1 fully saturated rings. The van der Waals surface area contributed by atoms with Gasteiger partial charge in [-0.1, -0.05) is 0 Å².